The summed E-state index contributed by atoms with van der Waals surface area (Å²) in [4.78, 5) is 26.1. The molecule has 0 unspecified atom stereocenters. The van der Waals surface area contributed by atoms with E-state index in [0.717, 1.165) is 19.5 Å². The van der Waals surface area contributed by atoms with Gasteiger partial charge in [0, 0.05) is 43.1 Å². The fraction of sp³-hybridized carbons (Fsp3) is 0.263. The molecule has 3 rings (SSSR count). The first-order chi connectivity index (χ1) is 12.2. The number of rotatable bonds is 4. The number of hydrogen-bond acceptors (Lipinski definition) is 3. The van der Waals surface area contributed by atoms with Crippen molar-refractivity contribution in [1.29, 1.82) is 0 Å². The van der Waals surface area contributed by atoms with E-state index >= 15 is 0 Å². The number of urea groups is 1. The van der Waals surface area contributed by atoms with Crippen molar-refractivity contribution < 1.29 is 9.59 Å². The van der Waals surface area contributed by atoms with Crippen molar-refractivity contribution in [3.63, 3.8) is 0 Å². The van der Waals surface area contributed by atoms with Gasteiger partial charge >= 0.3 is 6.03 Å². The molecule has 0 bridgehead atoms. The Morgan fingerprint density at radius 3 is 2.64 bits per heavy atom. The molecule has 0 aromatic heterocycles. The van der Waals surface area contributed by atoms with E-state index in [1.807, 2.05) is 18.2 Å². The van der Waals surface area contributed by atoms with Crippen LogP contribution in [0.3, 0.4) is 0 Å². The van der Waals surface area contributed by atoms with Crippen molar-refractivity contribution in [2.24, 2.45) is 0 Å². The standard InChI is InChI=1S/C19H22N4O2/c1-20-18(24)14-6-5-7-15(12-14)21-19(25)22-16-10-11-23(13-16)17-8-3-2-4-9-17/h2-9,12,16H,10-11,13H2,1H3,(H,20,24)(H2,21,22,25)/t16-/m0/s1. The highest BCUT2D eigenvalue weighted by molar-refractivity contribution is 5.96. The maximum atomic E-state index is 12.2. The Morgan fingerprint density at radius 1 is 1.08 bits per heavy atom. The Morgan fingerprint density at radius 2 is 1.88 bits per heavy atom. The molecule has 1 aliphatic heterocycles. The van der Waals surface area contributed by atoms with Crippen molar-refractivity contribution in [3.8, 4) is 0 Å². The number of anilines is 2. The third-order valence-corrected chi connectivity index (χ3v) is 4.25. The topological polar surface area (TPSA) is 73.5 Å². The number of benzene rings is 2. The molecule has 1 saturated heterocycles. The van der Waals surface area contributed by atoms with Crippen LogP contribution >= 0.6 is 0 Å². The summed E-state index contributed by atoms with van der Waals surface area (Å²) in [6.45, 7) is 1.71. The summed E-state index contributed by atoms with van der Waals surface area (Å²) in [6.07, 6.45) is 0.903. The van der Waals surface area contributed by atoms with Crippen LogP contribution in [-0.4, -0.2) is 38.1 Å². The van der Waals surface area contributed by atoms with Crippen molar-refractivity contribution >= 4 is 23.3 Å². The van der Waals surface area contributed by atoms with Crippen molar-refractivity contribution in [2.75, 3.05) is 30.4 Å². The molecule has 1 fully saturated rings. The number of nitrogens with one attached hydrogen (secondary N) is 3. The van der Waals surface area contributed by atoms with Gasteiger partial charge in [-0.1, -0.05) is 24.3 Å². The summed E-state index contributed by atoms with van der Waals surface area (Å²) >= 11 is 0. The first-order valence-corrected chi connectivity index (χ1v) is 8.35. The monoisotopic (exact) mass is 338 g/mol. The van der Waals surface area contributed by atoms with Gasteiger partial charge in [0.2, 0.25) is 0 Å². The largest absolute Gasteiger partial charge is 0.369 e. The van der Waals surface area contributed by atoms with Gasteiger partial charge in [0.05, 0.1) is 0 Å². The smallest absolute Gasteiger partial charge is 0.319 e. The van der Waals surface area contributed by atoms with Crippen LogP contribution < -0.4 is 20.9 Å². The van der Waals surface area contributed by atoms with Crippen LogP contribution in [0.1, 0.15) is 16.8 Å². The molecule has 0 saturated carbocycles. The lowest BCUT2D eigenvalue weighted by Gasteiger charge is -2.19. The summed E-state index contributed by atoms with van der Waals surface area (Å²) < 4.78 is 0. The minimum atomic E-state index is -0.256. The second-order valence-corrected chi connectivity index (χ2v) is 6.03. The van der Waals surface area contributed by atoms with Crippen molar-refractivity contribution in [3.05, 3.63) is 60.2 Å². The van der Waals surface area contributed by atoms with Crippen LogP contribution in [0, 0.1) is 0 Å². The molecule has 3 amide bonds. The quantitative estimate of drug-likeness (QED) is 0.802. The van der Waals surface area contributed by atoms with E-state index in [1.165, 1.54) is 5.69 Å². The lowest BCUT2D eigenvalue weighted by molar-refractivity contribution is 0.0963. The van der Waals surface area contributed by atoms with Crippen LogP contribution in [0.2, 0.25) is 0 Å². The van der Waals surface area contributed by atoms with Gasteiger partial charge in [-0.3, -0.25) is 4.79 Å². The van der Waals surface area contributed by atoms with Gasteiger partial charge in [-0.25, -0.2) is 4.79 Å². The summed E-state index contributed by atoms with van der Waals surface area (Å²) in [6, 6.07) is 16.9. The average molecular weight is 338 g/mol. The van der Waals surface area contributed by atoms with E-state index < -0.39 is 0 Å². The Balaban J connectivity index is 1.54. The van der Waals surface area contributed by atoms with E-state index in [4.69, 9.17) is 0 Å². The minimum absolute atomic E-state index is 0.0994. The zero-order valence-electron chi connectivity index (χ0n) is 14.2. The molecule has 6 heteroatoms. The van der Waals surface area contributed by atoms with Gasteiger partial charge in [-0.05, 0) is 36.8 Å². The number of amides is 3. The highest BCUT2D eigenvalue weighted by Crippen LogP contribution is 2.19. The first-order valence-electron chi connectivity index (χ1n) is 8.35. The van der Waals surface area contributed by atoms with Gasteiger partial charge in [-0.15, -0.1) is 0 Å². The normalized spacial score (nSPS) is 16.4. The number of hydrogen-bond donors (Lipinski definition) is 3. The second-order valence-electron chi connectivity index (χ2n) is 6.03. The van der Waals surface area contributed by atoms with Gasteiger partial charge in [0.25, 0.3) is 5.91 Å². The van der Waals surface area contributed by atoms with Crippen LogP contribution in [0.15, 0.2) is 54.6 Å². The zero-order valence-corrected chi connectivity index (χ0v) is 14.2. The predicted octanol–water partition coefficient (Wildman–Crippen LogP) is 2.45. The molecule has 0 aliphatic carbocycles. The number of nitrogens with zero attached hydrogens (tertiary/aromatic N) is 1. The molecule has 3 N–H and O–H groups in total. The Hall–Kier alpha value is -3.02. The van der Waals surface area contributed by atoms with Crippen LogP contribution in [0.4, 0.5) is 16.2 Å². The molecule has 1 aliphatic rings. The Kier molecular flexibility index (Phi) is 5.18. The highest BCUT2D eigenvalue weighted by atomic mass is 16.2. The predicted molar refractivity (Wildman–Crippen MR) is 99.0 cm³/mol. The molecule has 130 valence electrons. The zero-order chi connectivity index (χ0) is 17.6. The molecule has 0 spiro atoms. The average Bonchev–Trinajstić information content (AvgIpc) is 3.10. The fourth-order valence-electron chi connectivity index (χ4n) is 2.99. The van der Waals surface area contributed by atoms with Crippen molar-refractivity contribution in [2.45, 2.75) is 12.5 Å². The lowest BCUT2D eigenvalue weighted by atomic mass is 10.2. The van der Waals surface area contributed by atoms with E-state index in [2.05, 4.69) is 33.0 Å². The molecule has 2 aromatic rings. The van der Waals surface area contributed by atoms with E-state index in [-0.39, 0.29) is 18.0 Å². The third-order valence-electron chi connectivity index (χ3n) is 4.25. The molecule has 6 nitrogen and oxygen atoms in total. The summed E-state index contributed by atoms with van der Waals surface area (Å²) in [7, 11) is 1.58. The van der Waals surface area contributed by atoms with Gasteiger partial charge in [0.1, 0.15) is 0 Å². The third kappa shape index (κ3) is 4.29. The number of para-hydroxylation sites is 1. The molecule has 0 radical (unpaired) electrons. The molecular weight excluding hydrogens is 316 g/mol. The van der Waals surface area contributed by atoms with Crippen LogP contribution in [0.25, 0.3) is 0 Å². The summed E-state index contributed by atoms with van der Waals surface area (Å²) in [5.74, 6) is -0.182. The molecule has 25 heavy (non-hydrogen) atoms. The lowest BCUT2D eigenvalue weighted by Crippen LogP contribution is -2.39. The fourth-order valence-corrected chi connectivity index (χ4v) is 2.99. The van der Waals surface area contributed by atoms with E-state index in [9.17, 15) is 9.59 Å². The molecule has 1 heterocycles. The summed E-state index contributed by atoms with van der Waals surface area (Å²) in [5, 5.41) is 8.36. The maximum absolute atomic E-state index is 12.2. The molecule has 2 aromatic carbocycles. The van der Waals surface area contributed by atoms with Crippen molar-refractivity contribution in [1.82, 2.24) is 10.6 Å². The Labute approximate surface area is 147 Å². The molecular formula is C19H22N4O2. The highest BCUT2D eigenvalue weighted by Gasteiger charge is 2.24. The Bertz CT molecular complexity index is 748. The van der Waals surface area contributed by atoms with Crippen LogP contribution in [-0.2, 0) is 0 Å². The van der Waals surface area contributed by atoms with E-state index in [0.29, 0.717) is 11.3 Å². The van der Waals surface area contributed by atoms with Gasteiger partial charge < -0.3 is 20.9 Å². The number of carbonyl (C=O) groups excluding carboxylic acids is 2. The maximum Gasteiger partial charge on any atom is 0.319 e. The first kappa shape index (κ1) is 16.8. The molecule has 1 atom stereocenters. The van der Waals surface area contributed by atoms with E-state index in [1.54, 1.807) is 31.3 Å². The van der Waals surface area contributed by atoms with Crippen LogP contribution in [0.5, 0.6) is 0 Å². The van der Waals surface area contributed by atoms with Gasteiger partial charge in [-0.2, -0.15) is 0 Å². The minimum Gasteiger partial charge on any atom is -0.369 e. The number of carbonyl (C=O) groups is 2. The van der Waals surface area contributed by atoms with Gasteiger partial charge in [0.15, 0.2) is 0 Å². The summed E-state index contributed by atoms with van der Waals surface area (Å²) in [5.41, 5.74) is 2.28. The SMILES string of the molecule is CNC(=O)c1cccc(NC(=O)N[C@H]2CCN(c3ccccc3)C2)c1. The second kappa shape index (κ2) is 7.70.